The smallest absolute Gasteiger partial charge is 0.158 e. The molecule has 128 valence electrons. The number of para-hydroxylation sites is 1. The van der Waals surface area contributed by atoms with E-state index in [9.17, 15) is 4.39 Å². The van der Waals surface area contributed by atoms with Crippen molar-refractivity contribution in [2.24, 2.45) is 0 Å². The molecule has 0 spiro atoms. The van der Waals surface area contributed by atoms with Crippen molar-refractivity contribution in [2.45, 2.75) is 6.23 Å². The topological polar surface area (TPSA) is 26.6 Å². The zero-order chi connectivity index (χ0) is 17.2. The lowest BCUT2D eigenvalue weighted by Gasteiger charge is -2.25. The van der Waals surface area contributed by atoms with Gasteiger partial charge in [-0.3, -0.25) is 0 Å². The van der Waals surface area contributed by atoms with Gasteiger partial charge in [-0.15, -0.1) is 0 Å². The van der Waals surface area contributed by atoms with Gasteiger partial charge < -0.3 is 18.9 Å². The molecule has 4 rings (SSSR count). The molecule has 4 nitrogen and oxygen atoms in total. The van der Waals surface area contributed by atoms with Gasteiger partial charge in [0.05, 0.1) is 19.4 Å². The lowest BCUT2D eigenvalue weighted by Crippen LogP contribution is -2.23. The zero-order valence-electron chi connectivity index (χ0n) is 13.9. The second-order valence-electron chi connectivity index (χ2n) is 5.92. The quantitative estimate of drug-likeness (QED) is 0.715. The van der Waals surface area contributed by atoms with Gasteiger partial charge in [-0.05, 0) is 30.3 Å². The zero-order valence-corrected chi connectivity index (χ0v) is 13.9. The Bertz CT molecular complexity index is 877. The monoisotopic (exact) mass is 338 g/mol. The lowest BCUT2D eigenvalue weighted by molar-refractivity contribution is 0.114. The summed E-state index contributed by atoms with van der Waals surface area (Å²) in [5, 5.41) is 0. The van der Waals surface area contributed by atoms with Crippen LogP contribution in [0.25, 0.3) is 5.69 Å². The molecule has 1 aromatic heterocycles. The van der Waals surface area contributed by atoms with Gasteiger partial charge >= 0.3 is 0 Å². The van der Waals surface area contributed by atoms with Gasteiger partial charge in [0.15, 0.2) is 6.23 Å². The first kappa shape index (κ1) is 15.7. The first-order chi connectivity index (χ1) is 12.3. The maximum Gasteiger partial charge on any atom is 0.158 e. The third-order valence-corrected chi connectivity index (χ3v) is 4.41. The van der Waals surface area contributed by atoms with E-state index in [2.05, 4.69) is 4.90 Å². The van der Waals surface area contributed by atoms with E-state index in [-0.39, 0.29) is 12.0 Å². The molecule has 0 amide bonds. The molecule has 0 unspecified atom stereocenters. The largest absolute Gasteiger partial charge is 0.497 e. The molecule has 1 atom stereocenters. The second-order valence-corrected chi connectivity index (χ2v) is 5.92. The molecule has 1 fully saturated rings. The highest BCUT2D eigenvalue weighted by Gasteiger charge is 2.28. The molecule has 1 saturated heterocycles. The number of rotatable bonds is 4. The summed E-state index contributed by atoms with van der Waals surface area (Å²) >= 11 is 0. The summed E-state index contributed by atoms with van der Waals surface area (Å²) in [5.74, 6) is 0.564. The van der Waals surface area contributed by atoms with Crippen molar-refractivity contribution in [3.05, 3.63) is 78.4 Å². The second kappa shape index (κ2) is 6.61. The fourth-order valence-electron chi connectivity index (χ4n) is 3.17. The third kappa shape index (κ3) is 2.98. The first-order valence-corrected chi connectivity index (χ1v) is 8.21. The number of nitrogens with zero attached hydrogens (tertiary/aromatic N) is 2. The number of hydrogen-bond donors (Lipinski definition) is 0. The highest BCUT2D eigenvalue weighted by atomic mass is 19.1. The summed E-state index contributed by atoms with van der Waals surface area (Å²) in [6.07, 6.45) is 3.58. The molecule has 0 N–H and O–H groups in total. The van der Waals surface area contributed by atoms with E-state index in [4.69, 9.17) is 9.47 Å². The fraction of sp³-hybridized carbons (Fsp3) is 0.200. The minimum absolute atomic E-state index is 0.194. The number of hydrogen-bond acceptors (Lipinski definition) is 3. The predicted octanol–water partition coefficient (Wildman–Crippen LogP) is 4.16. The van der Waals surface area contributed by atoms with Gasteiger partial charge in [-0.2, -0.15) is 0 Å². The molecule has 1 aliphatic rings. The van der Waals surface area contributed by atoms with Crippen LogP contribution in [0.1, 0.15) is 11.8 Å². The van der Waals surface area contributed by atoms with Crippen molar-refractivity contribution in [3.63, 3.8) is 0 Å². The Labute approximate surface area is 146 Å². The number of methoxy groups -OCH3 is 1. The molecule has 5 heteroatoms. The molecule has 25 heavy (non-hydrogen) atoms. The Morgan fingerprint density at radius 3 is 2.84 bits per heavy atom. The van der Waals surface area contributed by atoms with Crippen LogP contribution in [0.5, 0.6) is 5.75 Å². The molecule has 2 heterocycles. The number of ether oxygens (including phenoxy) is 2. The summed E-state index contributed by atoms with van der Waals surface area (Å²) in [5.41, 5.74) is 2.56. The lowest BCUT2D eigenvalue weighted by atomic mass is 10.2. The van der Waals surface area contributed by atoms with Crippen LogP contribution in [0, 0.1) is 5.82 Å². The number of halogens is 1. The van der Waals surface area contributed by atoms with Crippen LogP contribution in [-0.2, 0) is 4.74 Å². The molecular formula is C20H19FN2O2. The van der Waals surface area contributed by atoms with E-state index in [0.29, 0.717) is 12.3 Å². The van der Waals surface area contributed by atoms with E-state index >= 15 is 0 Å². The molecule has 3 aromatic rings. The van der Waals surface area contributed by atoms with Crippen LogP contribution in [0.2, 0.25) is 0 Å². The minimum Gasteiger partial charge on any atom is -0.497 e. The molecule has 0 saturated carbocycles. The molecule has 0 radical (unpaired) electrons. The Balaban J connectivity index is 1.64. The van der Waals surface area contributed by atoms with Gasteiger partial charge in [-0.25, -0.2) is 4.39 Å². The van der Waals surface area contributed by atoms with Crippen LogP contribution < -0.4 is 9.64 Å². The van der Waals surface area contributed by atoms with Crippen molar-refractivity contribution in [1.29, 1.82) is 0 Å². The Morgan fingerprint density at radius 1 is 1.12 bits per heavy atom. The Hall–Kier alpha value is -2.79. The number of benzene rings is 2. The average Bonchev–Trinajstić information content (AvgIpc) is 3.31. The first-order valence-electron chi connectivity index (χ1n) is 8.21. The summed E-state index contributed by atoms with van der Waals surface area (Å²) < 4.78 is 27.1. The highest BCUT2D eigenvalue weighted by Crippen LogP contribution is 2.34. The predicted molar refractivity (Wildman–Crippen MR) is 94.8 cm³/mol. The van der Waals surface area contributed by atoms with E-state index in [1.165, 1.54) is 6.07 Å². The normalized spacial score (nSPS) is 17.0. The summed E-state index contributed by atoms with van der Waals surface area (Å²) in [7, 11) is 1.66. The van der Waals surface area contributed by atoms with Crippen molar-refractivity contribution < 1.29 is 13.9 Å². The molecular weight excluding hydrogens is 319 g/mol. The van der Waals surface area contributed by atoms with Crippen LogP contribution in [0.15, 0.2) is 67.0 Å². The maximum atomic E-state index is 14.0. The molecule has 0 bridgehead atoms. The number of aromatic nitrogens is 1. The van der Waals surface area contributed by atoms with Gasteiger partial charge in [-0.1, -0.05) is 18.2 Å². The van der Waals surface area contributed by atoms with E-state index < -0.39 is 0 Å². The summed E-state index contributed by atoms with van der Waals surface area (Å²) in [4.78, 5) is 2.18. The Morgan fingerprint density at radius 2 is 2.00 bits per heavy atom. The van der Waals surface area contributed by atoms with E-state index in [0.717, 1.165) is 23.5 Å². The van der Waals surface area contributed by atoms with Crippen LogP contribution >= 0.6 is 0 Å². The van der Waals surface area contributed by atoms with Crippen molar-refractivity contribution >= 4 is 5.69 Å². The maximum absolute atomic E-state index is 14.0. The van der Waals surface area contributed by atoms with Gasteiger partial charge in [0, 0.05) is 36.3 Å². The number of anilines is 1. The molecule has 0 aliphatic carbocycles. The Kier molecular flexibility index (Phi) is 4.15. The van der Waals surface area contributed by atoms with Gasteiger partial charge in [0.25, 0.3) is 0 Å². The van der Waals surface area contributed by atoms with Crippen molar-refractivity contribution in [3.8, 4) is 11.4 Å². The third-order valence-electron chi connectivity index (χ3n) is 4.41. The van der Waals surface area contributed by atoms with Gasteiger partial charge in [0.2, 0.25) is 0 Å². The SMILES string of the molecule is COc1cccc(N2CCO[C@@H]2c2ccn(-c3ccccc3F)c2)c1. The van der Waals surface area contributed by atoms with Crippen molar-refractivity contribution in [1.82, 2.24) is 4.57 Å². The average molecular weight is 338 g/mol. The minimum atomic E-state index is -0.248. The summed E-state index contributed by atoms with van der Waals surface area (Å²) in [6, 6.07) is 16.6. The molecule has 1 aliphatic heterocycles. The molecule has 2 aromatic carbocycles. The standard InChI is InChI=1S/C20H19FN2O2/c1-24-17-6-4-5-16(13-17)23-11-12-25-20(23)15-9-10-22(14-15)19-8-3-2-7-18(19)21/h2-10,13-14,20H,11-12H2,1H3/t20-/m1/s1. The van der Waals surface area contributed by atoms with Crippen molar-refractivity contribution in [2.75, 3.05) is 25.2 Å². The highest BCUT2D eigenvalue weighted by molar-refractivity contribution is 5.53. The van der Waals surface area contributed by atoms with Crippen LogP contribution in [0.3, 0.4) is 0 Å². The van der Waals surface area contributed by atoms with E-state index in [1.54, 1.807) is 23.8 Å². The van der Waals surface area contributed by atoms with Crippen LogP contribution in [0.4, 0.5) is 10.1 Å². The van der Waals surface area contributed by atoms with Crippen LogP contribution in [-0.4, -0.2) is 24.8 Å². The van der Waals surface area contributed by atoms with E-state index in [1.807, 2.05) is 48.8 Å². The fourth-order valence-corrected chi connectivity index (χ4v) is 3.17. The van der Waals surface area contributed by atoms with Gasteiger partial charge in [0.1, 0.15) is 11.6 Å². The summed E-state index contributed by atoms with van der Waals surface area (Å²) in [6.45, 7) is 1.44.